The number of aromatic nitrogens is 2. The van der Waals surface area contributed by atoms with Crippen LogP contribution in [0.2, 0.25) is 0 Å². The van der Waals surface area contributed by atoms with Crippen molar-refractivity contribution >= 4 is 6.03 Å². The summed E-state index contributed by atoms with van der Waals surface area (Å²) < 4.78 is 0. The second-order valence-electron chi connectivity index (χ2n) is 8.03. The standard InChI is InChI=1S/C21H31N5O/c1-16(18-14-19(24-23-18)17-10-6-5-7-11-17)25(4)20(27)22-15-21(2,3)26-12-8-9-13-26/h5-7,10-11,14,16H,8-9,12-13,15H2,1-4H3,(H,22,27)(H,23,24)/t16-/m1/s1. The van der Waals surface area contributed by atoms with Crippen molar-refractivity contribution in [2.24, 2.45) is 0 Å². The van der Waals surface area contributed by atoms with Crippen molar-refractivity contribution in [1.82, 2.24) is 25.3 Å². The van der Waals surface area contributed by atoms with E-state index < -0.39 is 0 Å². The lowest BCUT2D eigenvalue weighted by molar-refractivity contribution is 0.144. The van der Waals surface area contributed by atoms with E-state index in [9.17, 15) is 4.79 Å². The maximum Gasteiger partial charge on any atom is 0.317 e. The second-order valence-corrected chi connectivity index (χ2v) is 8.03. The Hall–Kier alpha value is -2.34. The minimum absolute atomic E-state index is 0.0231. The highest BCUT2D eigenvalue weighted by molar-refractivity contribution is 5.74. The van der Waals surface area contributed by atoms with Gasteiger partial charge in [-0.3, -0.25) is 10.00 Å². The first-order chi connectivity index (χ1) is 12.9. The molecule has 1 atom stereocenters. The Balaban J connectivity index is 1.59. The number of H-pyrrole nitrogens is 1. The molecule has 1 aromatic carbocycles. The van der Waals surface area contributed by atoms with Gasteiger partial charge in [0.15, 0.2) is 0 Å². The summed E-state index contributed by atoms with van der Waals surface area (Å²) in [6.45, 7) is 9.28. The molecule has 0 radical (unpaired) electrons. The molecule has 1 aliphatic heterocycles. The third kappa shape index (κ3) is 4.50. The molecular formula is C21H31N5O. The number of hydrogen-bond donors (Lipinski definition) is 2. The molecule has 2 aromatic rings. The van der Waals surface area contributed by atoms with Crippen LogP contribution in [0.5, 0.6) is 0 Å². The Morgan fingerprint density at radius 3 is 2.63 bits per heavy atom. The van der Waals surface area contributed by atoms with Crippen molar-refractivity contribution in [3.8, 4) is 11.3 Å². The Morgan fingerprint density at radius 1 is 1.30 bits per heavy atom. The van der Waals surface area contributed by atoms with Crippen molar-refractivity contribution in [3.63, 3.8) is 0 Å². The topological polar surface area (TPSA) is 64.3 Å². The van der Waals surface area contributed by atoms with Gasteiger partial charge in [0.2, 0.25) is 0 Å². The number of amides is 2. The number of hydrogen-bond acceptors (Lipinski definition) is 3. The smallest absolute Gasteiger partial charge is 0.317 e. The van der Waals surface area contributed by atoms with E-state index in [2.05, 4.69) is 34.3 Å². The molecule has 1 aromatic heterocycles. The summed E-state index contributed by atoms with van der Waals surface area (Å²) in [6.07, 6.45) is 2.50. The summed E-state index contributed by atoms with van der Waals surface area (Å²) >= 11 is 0. The van der Waals surface area contributed by atoms with Gasteiger partial charge in [-0.2, -0.15) is 5.10 Å². The highest BCUT2D eigenvalue weighted by Crippen LogP contribution is 2.24. The van der Waals surface area contributed by atoms with E-state index in [1.165, 1.54) is 12.8 Å². The molecule has 27 heavy (non-hydrogen) atoms. The minimum Gasteiger partial charge on any atom is -0.336 e. The Kier molecular flexibility index (Phi) is 5.85. The lowest BCUT2D eigenvalue weighted by atomic mass is 10.0. The Labute approximate surface area is 161 Å². The van der Waals surface area contributed by atoms with Crippen molar-refractivity contribution < 1.29 is 4.79 Å². The van der Waals surface area contributed by atoms with Gasteiger partial charge < -0.3 is 10.2 Å². The van der Waals surface area contributed by atoms with Crippen LogP contribution >= 0.6 is 0 Å². The van der Waals surface area contributed by atoms with Crippen LogP contribution < -0.4 is 5.32 Å². The zero-order chi connectivity index (χ0) is 19.4. The molecule has 0 spiro atoms. The predicted molar refractivity (Wildman–Crippen MR) is 108 cm³/mol. The molecule has 2 amide bonds. The average Bonchev–Trinajstić information content (AvgIpc) is 3.38. The fourth-order valence-corrected chi connectivity index (χ4v) is 3.54. The van der Waals surface area contributed by atoms with Crippen LogP contribution in [0.3, 0.4) is 0 Å². The average molecular weight is 370 g/mol. The highest BCUT2D eigenvalue weighted by Gasteiger charge is 2.30. The minimum atomic E-state index is -0.0927. The molecule has 2 N–H and O–H groups in total. The number of carbonyl (C=O) groups is 1. The fourth-order valence-electron chi connectivity index (χ4n) is 3.54. The molecule has 146 valence electrons. The molecule has 0 bridgehead atoms. The number of rotatable bonds is 6. The van der Waals surface area contributed by atoms with Crippen LogP contribution in [0.4, 0.5) is 4.79 Å². The number of likely N-dealkylation sites (tertiary alicyclic amines) is 1. The number of urea groups is 1. The molecule has 3 rings (SSSR count). The Bertz CT molecular complexity index is 749. The third-order valence-corrected chi connectivity index (χ3v) is 5.65. The number of nitrogens with one attached hydrogen (secondary N) is 2. The molecule has 0 unspecified atom stereocenters. The zero-order valence-electron chi connectivity index (χ0n) is 16.8. The van der Waals surface area contributed by atoms with Gasteiger partial charge in [0.05, 0.1) is 17.4 Å². The lowest BCUT2D eigenvalue weighted by Gasteiger charge is -2.36. The maximum absolute atomic E-state index is 12.7. The maximum atomic E-state index is 12.7. The molecule has 1 fully saturated rings. The van der Waals surface area contributed by atoms with Crippen LogP contribution in [-0.2, 0) is 0 Å². The summed E-state index contributed by atoms with van der Waals surface area (Å²) in [5.41, 5.74) is 2.85. The van der Waals surface area contributed by atoms with Gasteiger partial charge >= 0.3 is 6.03 Å². The highest BCUT2D eigenvalue weighted by atomic mass is 16.2. The molecule has 1 saturated heterocycles. The summed E-state index contributed by atoms with van der Waals surface area (Å²) in [7, 11) is 1.83. The summed E-state index contributed by atoms with van der Waals surface area (Å²) in [5, 5.41) is 10.6. The fraction of sp³-hybridized carbons (Fsp3) is 0.524. The van der Waals surface area contributed by atoms with Gasteiger partial charge in [0, 0.05) is 24.7 Å². The van der Waals surface area contributed by atoms with Crippen molar-refractivity contribution in [2.45, 2.75) is 45.2 Å². The number of benzene rings is 1. The first kappa shape index (κ1) is 19.4. The van der Waals surface area contributed by atoms with Crippen LogP contribution in [0.15, 0.2) is 36.4 Å². The molecule has 0 aliphatic carbocycles. The predicted octanol–water partition coefficient (Wildman–Crippen LogP) is 3.65. The van der Waals surface area contributed by atoms with Gasteiger partial charge in [-0.15, -0.1) is 0 Å². The summed E-state index contributed by atoms with van der Waals surface area (Å²) in [5.74, 6) is 0. The van der Waals surface area contributed by atoms with Gasteiger partial charge in [0.1, 0.15) is 0 Å². The third-order valence-electron chi connectivity index (χ3n) is 5.65. The normalized spacial score (nSPS) is 16.3. The van der Waals surface area contributed by atoms with Crippen LogP contribution in [0.1, 0.15) is 45.3 Å². The summed E-state index contributed by atoms with van der Waals surface area (Å²) in [4.78, 5) is 16.8. The number of carbonyl (C=O) groups excluding carboxylic acids is 1. The first-order valence-corrected chi connectivity index (χ1v) is 9.75. The van der Waals surface area contributed by atoms with Crippen LogP contribution in [0, 0.1) is 0 Å². The van der Waals surface area contributed by atoms with E-state index >= 15 is 0 Å². The van der Waals surface area contributed by atoms with E-state index in [0.717, 1.165) is 30.0 Å². The van der Waals surface area contributed by atoms with Crippen molar-refractivity contribution in [1.29, 1.82) is 0 Å². The summed E-state index contributed by atoms with van der Waals surface area (Å²) in [6, 6.07) is 11.9. The van der Waals surface area contributed by atoms with E-state index in [0.29, 0.717) is 6.54 Å². The van der Waals surface area contributed by atoms with Crippen molar-refractivity contribution in [3.05, 3.63) is 42.1 Å². The van der Waals surface area contributed by atoms with E-state index in [1.807, 2.05) is 50.4 Å². The zero-order valence-corrected chi connectivity index (χ0v) is 16.8. The Morgan fingerprint density at radius 2 is 1.96 bits per heavy atom. The van der Waals surface area contributed by atoms with Gasteiger partial charge in [-0.25, -0.2) is 4.79 Å². The molecule has 6 nitrogen and oxygen atoms in total. The van der Waals surface area contributed by atoms with Gasteiger partial charge in [-0.05, 0) is 52.8 Å². The molecule has 6 heteroatoms. The van der Waals surface area contributed by atoms with E-state index in [1.54, 1.807) is 4.90 Å². The first-order valence-electron chi connectivity index (χ1n) is 9.75. The van der Waals surface area contributed by atoms with E-state index in [4.69, 9.17) is 0 Å². The van der Waals surface area contributed by atoms with Gasteiger partial charge in [0.25, 0.3) is 0 Å². The second kappa shape index (κ2) is 8.13. The molecule has 0 saturated carbocycles. The lowest BCUT2D eigenvalue weighted by Crippen LogP contribution is -2.52. The van der Waals surface area contributed by atoms with Crippen LogP contribution in [0.25, 0.3) is 11.3 Å². The molecule has 2 heterocycles. The quantitative estimate of drug-likeness (QED) is 0.817. The van der Waals surface area contributed by atoms with Crippen molar-refractivity contribution in [2.75, 3.05) is 26.7 Å². The monoisotopic (exact) mass is 369 g/mol. The molecular weight excluding hydrogens is 338 g/mol. The van der Waals surface area contributed by atoms with E-state index in [-0.39, 0.29) is 17.6 Å². The molecule has 1 aliphatic rings. The van der Waals surface area contributed by atoms with Gasteiger partial charge in [-0.1, -0.05) is 30.3 Å². The number of aromatic amines is 1. The van der Waals surface area contributed by atoms with Crippen LogP contribution in [-0.4, -0.2) is 58.2 Å². The number of nitrogens with zero attached hydrogens (tertiary/aromatic N) is 3. The largest absolute Gasteiger partial charge is 0.336 e. The SMILES string of the molecule is C[C@H](c1cc(-c2ccccc2)n[nH]1)N(C)C(=O)NCC(C)(C)N1CCCC1.